The van der Waals surface area contributed by atoms with Crippen LogP contribution in [0.1, 0.15) is 0 Å². The highest BCUT2D eigenvalue weighted by molar-refractivity contribution is 5.89. The van der Waals surface area contributed by atoms with Gasteiger partial charge in [-0.15, -0.1) is 0 Å². The number of nitrogens with zero attached hydrogens (tertiary/aromatic N) is 3. The van der Waals surface area contributed by atoms with E-state index in [1.54, 1.807) is 12.3 Å². The highest BCUT2D eigenvalue weighted by Crippen LogP contribution is 2.31. The van der Waals surface area contributed by atoms with Crippen molar-refractivity contribution in [3.05, 3.63) is 84.6 Å². The number of hydrogen-bond acceptors (Lipinski definition) is 2. The van der Waals surface area contributed by atoms with Crippen LogP contribution in [0.15, 0.2) is 72.9 Å². The van der Waals surface area contributed by atoms with Crippen molar-refractivity contribution in [1.29, 1.82) is 0 Å². The number of aryl methyl sites for hydroxylation is 1. The van der Waals surface area contributed by atoms with Gasteiger partial charge in [-0.1, -0.05) is 18.2 Å². The number of H-pyrrole nitrogens is 1. The van der Waals surface area contributed by atoms with Crippen molar-refractivity contribution in [2.75, 3.05) is 0 Å². The zero-order chi connectivity index (χ0) is 20.0. The summed E-state index contributed by atoms with van der Waals surface area (Å²) in [7, 11) is 1.89. The van der Waals surface area contributed by atoms with Gasteiger partial charge in [0.05, 0.1) is 11.4 Å². The van der Waals surface area contributed by atoms with E-state index in [0.717, 1.165) is 39.6 Å². The molecule has 4 nitrogen and oxygen atoms in total. The SMILES string of the molecule is Cn1nc(-c2ccccn2)cc1-c1ccc2[nH]c(-c3cccc(F)c3F)cc2c1. The predicted octanol–water partition coefficient (Wildman–Crippen LogP) is 5.58. The number of aromatic amines is 1. The first-order valence-electron chi connectivity index (χ1n) is 9.13. The van der Waals surface area contributed by atoms with Crippen LogP contribution in [0.25, 0.3) is 44.8 Å². The third-order valence-electron chi connectivity index (χ3n) is 4.97. The zero-order valence-corrected chi connectivity index (χ0v) is 15.5. The van der Waals surface area contributed by atoms with Crippen LogP contribution < -0.4 is 0 Å². The van der Waals surface area contributed by atoms with E-state index >= 15 is 0 Å². The molecule has 0 saturated heterocycles. The Hall–Kier alpha value is -3.80. The van der Waals surface area contributed by atoms with Crippen LogP contribution >= 0.6 is 0 Å². The van der Waals surface area contributed by atoms with Gasteiger partial charge in [0.15, 0.2) is 11.6 Å². The van der Waals surface area contributed by atoms with Crippen molar-refractivity contribution in [2.24, 2.45) is 7.05 Å². The number of fused-ring (bicyclic) bond motifs is 1. The van der Waals surface area contributed by atoms with E-state index in [1.165, 1.54) is 6.07 Å². The lowest BCUT2D eigenvalue weighted by molar-refractivity contribution is 0.511. The Morgan fingerprint density at radius 3 is 2.62 bits per heavy atom. The molecule has 0 amide bonds. The second kappa shape index (κ2) is 6.67. The van der Waals surface area contributed by atoms with Crippen LogP contribution in [0, 0.1) is 11.6 Å². The van der Waals surface area contributed by atoms with Crippen molar-refractivity contribution in [3.8, 4) is 33.9 Å². The molecule has 0 aliphatic carbocycles. The van der Waals surface area contributed by atoms with Crippen LogP contribution in [0.2, 0.25) is 0 Å². The normalized spacial score (nSPS) is 11.3. The van der Waals surface area contributed by atoms with Crippen molar-refractivity contribution < 1.29 is 8.78 Å². The number of rotatable bonds is 3. The van der Waals surface area contributed by atoms with Crippen molar-refractivity contribution in [1.82, 2.24) is 19.7 Å². The summed E-state index contributed by atoms with van der Waals surface area (Å²) in [5, 5.41) is 5.47. The maximum atomic E-state index is 14.2. The quantitative estimate of drug-likeness (QED) is 0.440. The molecule has 0 bridgehead atoms. The topological polar surface area (TPSA) is 46.5 Å². The number of aromatic nitrogens is 4. The fraction of sp³-hybridized carbons (Fsp3) is 0.0435. The highest BCUT2D eigenvalue weighted by atomic mass is 19.2. The summed E-state index contributed by atoms with van der Waals surface area (Å²) in [4.78, 5) is 7.52. The Labute approximate surface area is 165 Å². The van der Waals surface area contributed by atoms with Crippen LogP contribution in [0.3, 0.4) is 0 Å². The van der Waals surface area contributed by atoms with E-state index in [4.69, 9.17) is 0 Å². The lowest BCUT2D eigenvalue weighted by Gasteiger charge is -2.01. The monoisotopic (exact) mass is 386 g/mol. The molecule has 3 heterocycles. The summed E-state index contributed by atoms with van der Waals surface area (Å²) in [6.07, 6.45) is 1.74. The van der Waals surface area contributed by atoms with Gasteiger partial charge in [0.2, 0.25) is 0 Å². The van der Waals surface area contributed by atoms with Crippen molar-refractivity contribution >= 4 is 10.9 Å². The molecule has 0 saturated carbocycles. The molecule has 29 heavy (non-hydrogen) atoms. The molecule has 0 spiro atoms. The van der Waals surface area contributed by atoms with Crippen LogP contribution in [-0.2, 0) is 7.05 Å². The summed E-state index contributed by atoms with van der Waals surface area (Å²) in [6, 6.07) is 19.6. The van der Waals surface area contributed by atoms with Gasteiger partial charge in [0.1, 0.15) is 5.69 Å². The summed E-state index contributed by atoms with van der Waals surface area (Å²) in [5.74, 6) is -1.72. The largest absolute Gasteiger partial charge is 0.354 e. The molecule has 3 aromatic heterocycles. The molecule has 1 N–H and O–H groups in total. The molecule has 0 aliphatic rings. The van der Waals surface area contributed by atoms with Gasteiger partial charge < -0.3 is 4.98 Å². The Balaban J connectivity index is 1.58. The first-order chi connectivity index (χ1) is 14.1. The van der Waals surface area contributed by atoms with Gasteiger partial charge in [0.25, 0.3) is 0 Å². The molecule has 6 heteroatoms. The molecular weight excluding hydrogens is 370 g/mol. The van der Waals surface area contributed by atoms with E-state index in [1.807, 2.05) is 60.3 Å². The fourth-order valence-electron chi connectivity index (χ4n) is 3.53. The van der Waals surface area contributed by atoms with Gasteiger partial charge in [-0.05, 0) is 48.5 Å². The first kappa shape index (κ1) is 17.3. The minimum Gasteiger partial charge on any atom is -0.354 e. The minimum absolute atomic E-state index is 0.209. The third-order valence-corrected chi connectivity index (χ3v) is 4.97. The Morgan fingerprint density at radius 1 is 0.897 bits per heavy atom. The van der Waals surface area contributed by atoms with E-state index < -0.39 is 11.6 Å². The average molecular weight is 386 g/mol. The van der Waals surface area contributed by atoms with E-state index in [0.29, 0.717) is 5.69 Å². The summed E-state index contributed by atoms with van der Waals surface area (Å²) < 4.78 is 29.6. The average Bonchev–Trinajstić information content (AvgIpc) is 3.33. The summed E-state index contributed by atoms with van der Waals surface area (Å²) in [5.41, 5.74) is 5.10. The molecule has 2 aromatic carbocycles. The third kappa shape index (κ3) is 2.99. The number of hydrogen-bond donors (Lipinski definition) is 1. The van der Waals surface area contributed by atoms with Crippen LogP contribution in [0.5, 0.6) is 0 Å². The van der Waals surface area contributed by atoms with Gasteiger partial charge in [-0.2, -0.15) is 5.10 Å². The second-order valence-electron chi connectivity index (χ2n) is 6.84. The molecule has 0 radical (unpaired) electrons. The highest BCUT2D eigenvalue weighted by Gasteiger charge is 2.14. The molecule has 0 fully saturated rings. The smallest absolute Gasteiger partial charge is 0.168 e. The van der Waals surface area contributed by atoms with Crippen LogP contribution in [0.4, 0.5) is 8.78 Å². The minimum atomic E-state index is -0.862. The van der Waals surface area contributed by atoms with Gasteiger partial charge in [-0.3, -0.25) is 9.67 Å². The van der Waals surface area contributed by atoms with Gasteiger partial charge in [-0.25, -0.2) is 8.78 Å². The molecule has 5 rings (SSSR count). The van der Waals surface area contributed by atoms with Crippen molar-refractivity contribution in [3.63, 3.8) is 0 Å². The number of benzene rings is 2. The maximum absolute atomic E-state index is 14.2. The maximum Gasteiger partial charge on any atom is 0.168 e. The Bertz CT molecular complexity index is 1340. The summed E-state index contributed by atoms with van der Waals surface area (Å²) in [6.45, 7) is 0. The molecule has 0 unspecified atom stereocenters. The first-order valence-corrected chi connectivity index (χ1v) is 9.13. The molecular formula is C23H16F2N4. The number of pyridine rings is 1. The predicted molar refractivity (Wildman–Crippen MR) is 109 cm³/mol. The zero-order valence-electron chi connectivity index (χ0n) is 15.5. The summed E-state index contributed by atoms with van der Waals surface area (Å²) >= 11 is 0. The Kier molecular flexibility index (Phi) is 3.98. The van der Waals surface area contributed by atoms with Gasteiger partial charge >= 0.3 is 0 Å². The number of halogens is 2. The molecule has 5 aromatic rings. The molecule has 142 valence electrons. The lowest BCUT2D eigenvalue weighted by atomic mass is 10.1. The number of nitrogens with one attached hydrogen (secondary N) is 1. The lowest BCUT2D eigenvalue weighted by Crippen LogP contribution is -1.93. The standard InChI is InChI=1S/C23H16F2N4/c1-29-22(13-21(28-29)19-7-2-3-10-26-19)14-8-9-18-15(11-14)12-20(27-18)16-5-4-6-17(24)23(16)25/h2-13,27H,1H3. The molecule has 0 atom stereocenters. The van der Waals surface area contributed by atoms with Gasteiger partial charge in [0, 0.05) is 41.0 Å². The van der Waals surface area contributed by atoms with E-state index in [9.17, 15) is 8.78 Å². The fourth-order valence-corrected chi connectivity index (χ4v) is 3.53. The Morgan fingerprint density at radius 2 is 1.79 bits per heavy atom. The van der Waals surface area contributed by atoms with E-state index in [2.05, 4.69) is 15.1 Å². The van der Waals surface area contributed by atoms with Crippen molar-refractivity contribution in [2.45, 2.75) is 0 Å². The second-order valence-corrected chi connectivity index (χ2v) is 6.84. The molecule has 0 aliphatic heterocycles. The van der Waals surface area contributed by atoms with E-state index in [-0.39, 0.29) is 5.56 Å². The van der Waals surface area contributed by atoms with Crippen LogP contribution in [-0.4, -0.2) is 19.7 Å².